The second kappa shape index (κ2) is 7.00. The van der Waals surface area contributed by atoms with E-state index in [1.54, 1.807) is 41.5 Å². The maximum atomic E-state index is 12.1. The van der Waals surface area contributed by atoms with Crippen LogP contribution < -0.4 is 0 Å². The highest BCUT2D eigenvalue weighted by Gasteiger charge is 2.08. The molecule has 0 spiro atoms. The molecule has 6 heteroatoms. The number of hydrogen-bond acceptors (Lipinski definition) is 4. The Morgan fingerprint density at radius 1 is 1.32 bits per heavy atom. The molecule has 0 unspecified atom stereocenters. The zero-order valence-electron chi connectivity index (χ0n) is 12.4. The largest absolute Gasteiger partial charge is 0.337 e. The van der Waals surface area contributed by atoms with E-state index in [-0.39, 0.29) is 11.6 Å². The minimum absolute atomic E-state index is 0.0359. The van der Waals surface area contributed by atoms with Gasteiger partial charge in [-0.25, -0.2) is 0 Å². The SMILES string of the molecule is Cc1ccsc1CN(C)C(=O)C=Cc1ccc([N+](=O)[O-])cc1. The Bertz CT molecular complexity index is 704. The Morgan fingerprint density at radius 2 is 2.00 bits per heavy atom. The van der Waals surface area contributed by atoms with Crippen LogP contribution in [0.2, 0.25) is 0 Å². The smallest absolute Gasteiger partial charge is 0.269 e. The lowest BCUT2D eigenvalue weighted by Gasteiger charge is -2.14. The molecule has 0 N–H and O–H groups in total. The number of nitro groups is 1. The molecular weight excluding hydrogens is 300 g/mol. The van der Waals surface area contributed by atoms with Crippen molar-refractivity contribution >= 4 is 29.0 Å². The summed E-state index contributed by atoms with van der Waals surface area (Å²) in [6, 6.07) is 8.10. The maximum absolute atomic E-state index is 12.1. The van der Waals surface area contributed by atoms with Gasteiger partial charge in [-0.3, -0.25) is 14.9 Å². The van der Waals surface area contributed by atoms with E-state index >= 15 is 0 Å². The fourth-order valence-corrected chi connectivity index (χ4v) is 2.82. The maximum Gasteiger partial charge on any atom is 0.269 e. The Hall–Kier alpha value is -2.47. The Balaban J connectivity index is 1.98. The van der Waals surface area contributed by atoms with Gasteiger partial charge < -0.3 is 4.90 Å². The van der Waals surface area contributed by atoms with Gasteiger partial charge in [0.15, 0.2) is 0 Å². The van der Waals surface area contributed by atoms with Crippen molar-refractivity contribution in [2.24, 2.45) is 0 Å². The van der Waals surface area contributed by atoms with Crippen LogP contribution in [0.25, 0.3) is 6.08 Å². The van der Waals surface area contributed by atoms with E-state index in [9.17, 15) is 14.9 Å². The van der Waals surface area contributed by atoms with Crippen LogP contribution >= 0.6 is 11.3 Å². The fraction of sp³-hybridized carbons (Fsp3) is 0.188. The lowest BCUT2D eigenvalue weighted by atomic mass is 10.2. The van der Waals surface area contributed by atoms with E-state index in [0.29, 0.717) is 6.54 Å². The summed E-state index contributed by atoms with van der Waals surface area (Å²) in [5.41, 5.74) is 1.97. The number of non-ortho nitro benzene ring substituents is 1. The molecule has 0 fully saturated rings. The molecule has 1 aromatic carbocycles. The van der Waals surface area contributed by atoms with Crippen molar-refractivity contribution in [2.75, 3.05) is 7.05 Å². The van der Waals surface area contributed by atoms with Gasteiger partial charge >= 0.3 is 0 Å². The van der Waals surface area contributed by atoms with Crippen LogP contribution in [0.4, 0.5) is 5.69 Å². The number of nitro benzene ring substituents is 1. The number of nitrogens with zero attached hydrogens (tertiary/aromatic N) is 2. The minimum atomic E-state index is -0.449. The van der Waals surface area contributed by atoms with E-state index in [4.69, 9.17) is 0 Å². The van der Waals surface area contributed by atoms with Gasteiger partial charge in [0.1, 0.15) is 0 Å². The lowest BCUT2D eigenvalue weighted by molar-refractivity contribution is -0.384. The Labute approximate surface area is 132 Å². The van der Waals surface area contributed by atoms with Gasteiger partial charge in [-0.15, -0.1) is 11.3 Å². The van der Waals surface area contributed by atoms with Crippen LogP contribution in [0.3, 0.4) is 0 Å². The molecule has 0 saturated carbocycles. The molecule has 1 aromatic heterocycles. The first-order chi connectivity index (χ1) is 10.5. The Morgan fingerprint density at radius 3 is 2.55 bits per heavy atom. The molecule has 0 saturated heterocycles. The van der Waals surface area contributed by atoms with Crippen LogP contribution in [0.1, 0.15) is 16.0 Å². The monoisotopic (exact) mass is 316 g/mol. The standard InChI is InChI=1S/C16H16N2O3S/c1-12-9-10-22-15(12)11-17(2)16(19)8-5-13-3-6-14(7-4-13)18(20)21/h3-10H,11H2,1-2H3. The second-order valence-electron chi connectivity index (χ2n) is 4.90. The van der Waals surface area contributed by atoms with Crippen molar-refractivity contribution < 1.29 is 9.72 Å². The minimum Gasteiger partial charge on any atom is -0.337 e. The van der Waals surface area contributed by atoms with E-state index in [2.05, 4.69) is 0 Å². The van der Waals surface area contributed by atoms with E-state index in [0.717, 1.165) is 5.56 Å². The quantitative estimate of drug-likeness (QED) is 0.480. The number of likely N-dealkylation sites (N-methyl/N-ethyl adjacent to an activating group) is 1. The Kier molecular flexibility index (Phi) is 5.06. The van der Waals surface area contributed by atoms with Gasteiger partial charge in [-0.05, 0) is 47.7 Å². The molecule has 5 nitrogen and oxygen atoms in total. The first-order valence-corrected chi connectivity index (χ1v) is 7.56. The summed E-state index contributed by atoms with van der Waals surface area (Å²) in [6.45, 7) is 2.60. The number of aryl methyl sites for hydroxylation is 1. The van der Waals surface area contributed by atoms with Gasteiger partial charge in [-0.2, -0.15) is 0 Å². The number of carbonyl (C=O) groups excluding carboxylic acids is 1. The molecule has 2 aromatic rings. The second-order valence-corrected chi connectivity index (χ2v) is 5.90. The summed E-state index contributed by atoms with van der Waals surface area (Å²) in [5, 5.41) is 12.6. The summed E-state index contributed by atoms with van der Waals surface area (Å²) >= 11 is 1.63. The number of thiophene rings is 1. The molecule has 0 radical (unpaired) electrons. The van der Waals surface area contributed by atoms with E-state index in [1.807, 2.05) is 18.4 Å². The van der Waals surface area contributed by atoms with Crippen molar-refractivity contribution in [3.8, 4) is 0 Å². The molecule has 1 heterocycles. The van der Waals surface area contributed by atoms with Crippen LogP contribution in [0.5, 0.6) is 0 Å². The van der Waals surface area contributed by atoms with Crippen molar-refractivity contribution in [3.05, 3.63) is 67.9 Å². The van der Waals surface area contributed by atoms with E-state index < -0.39 is 4.92 Å². The molecule has 1 amide bonds. The van der Waals surface area contributed by atoms with Gasteiger partial charge in [0.25, 0.3) is 5.69 Å². The first kappa shape index (κ1) is 15.9. The van der Waals surface area contributed by atoms with Crippen molar-refractivity contribution in [2.45, 2.75) is 13.5 Å². The molecule has 0 aliphatic carbocycles. The molecule has 22 heavy (non-hydrogen) atoms. The molecule has 0 bridgehead atoms. The van der Waals surface area contributed by atoms with Crippen molar-refractivity contribution in [1.82, 2.24) is 4.90 Å². The third-order valence-electron chi connectivity index (χ3n) is 3.25. The highest BCUT2D eigenvalue weighted by atomic mass is 32.1. The normalized spacial score (nSPS) is 10.8. The van der Waals surface area contributed by atoms with Crippen LogP contribution in [0, 0.1) is 17.0 Å². The number of amides is 1. The van der Waals surface area contributed by atoms with Gasteiger partial charge in [0.2, 0.25) is 5.91 Å². The topological polar surface area (TPSA) is 63.5 Å². The highest BCUT2D eigenvalue weighted by Crippen LogP contribution is 2.17. The molecule has 0 aliphatic rings. The van der Waals surface area contributed by atoms with Gasteiger partial charge in [-0.1, -0.05) is 0 Å². The summed E-state index contributed by atoms with van der Waals surface area (Å²) < 4.78 is 0. The summed E-state index contributed by atoms with van der Waals surface area (Å²) in [5.74, 6) is -0.105. The van der Waals surface area contributed by atoms with E-state index in [1.165, 1.54) is 28.6 Å². The third-order valence-corrected chi connectivity index (χ3v) is 4.26. The molecule has 0 aliphatic heterocycles. The lowest BCUT2D eigenvalue weighted by Crippen LogP contribution is -2.23. The predicted octanol–water partition coefficient (Wildman–Crippen LogP) is 3.64. The molecular formula is C16H16N2O3S. The average molecular weight is 316 g/mol. The molecule has 0 atom stereocenters. The van der Waals surface area contributed by atoms with Crippen LogP contribution in [-0.2, 0) is 11.3 Å². The predicted molar refractivity (Wildman–Crippen MR) is 87.7 cm³/mol. The zero-order valence-corrected chi connectivity index (χ0v) is 13.2. The summed E-state index contributed by atoms with van der Waals surface area (Å²) in [6.07, 6.45) is 3.13. The number of carbonyl (C=O) groups is 1. The number of benzene rings is 1. The number of rotatable bonds is 5. The zero-order chi connectivity index (χ0) is 16.1. The highest BCUT2D eigenvalue weighted by molar-refractivity contribution is 7.10. The molecule has 114 valence electrons. The van der Waals surface area contributed by atoms with Crippen molar-refractivity contribution in [3.63, 3.8) is 0 Å². The average Bonchev–Trinajstić information content (AvgIpc) is 2.90. The summed E-state index contributed by atoms with van der Waals surface area (Å²) in [4.78, 5) is 25.0. The summed E-state index contributed by atoms with van der Waals surface area (Å²) in [7, 11) is 1.75. The third kappa shape index (κ3) is 4.02. The van der Waals surface area contributed by atoms with Crippen LogP contribution in [-0.4, -0.2) is 22.8 Å². The van der Waals surface area contributed by atoms with Crippen LogP contribution in [0.15, 0.2) is 41.8 Å². The van der Waals surface area contributed by atoms with Crippen molar-refractivity contribution in [1.29, 1.82) is 0 Å². The molecule has 2 rings (SSSR count). The number of hydrogen-bond donors (Lipinski definition) is 0. The fourth-order valence-electron chi connectivity index (χ4n) is 1.86. The van der Waals surface area contributed by atoms with Gasteiger partial charge in [0, 0.05) is 30.1 Å². The first-order valence-electron chi connectivity index (χ1n) is 6.68. The van der Waals surface area contributed by atoms with Gasteiger partial charge in [0.05, 0.1) is 11.5 Å².